The fourth-order valence-electron chi connectivity index (χ4n) is 3.12. The van der Waals surface area contributed by atoms with Gasteiger partial charge in [-0.25, -0.2) is 13.2 Å². The van der Waals surface area contributed by atoms with Gasteiger partial charge in [0.05, 0.1) is 21.7 Å². The first-order chi connectivity index (χ1) is 12.9. The van der Waals surface area contributed by atoms with E-state index in [-0.39, 0.29) is 11.5 Å². The van der Waals surface area contributed by atoms with Crippen LogP contribution in [0.5, 0.6) is 0 Å². The topological polar surface area (TPSA) is 89.7 Å². The van der Waals surface area contributed by atoms with Crippen LogP contribution in [0.4, 0.5) is 0 Å². The first kappa shape index (κ1) is 19.6. The van der Waals surface area contributed by atoms with E-state index < -0.39 is 16.0 Å². The molecule has 1 aliphatic rings. The highest BCUT2D eigenvalue weighted by Crippen LogP contribution is 2.21. The lowest BCUT2D eigenvalue weighted by molar-refractivity contribution is 0.0470. The molecular formula is C19H24N2O5S. The van der Waals surface area contributed by atoms with E-state index in [0.717, 1.165) is 31.2 Å². The standard InChI is InChI=1S/C19H24N2O5S/c1-14-18(15(2)26-20-14)13-25-19(22)16-7-9-17(10-8-16)27(23,24)21-11-5-3-4-6-12-21/h7-10H,3-6,11-13H2,1-2H3. The summed E-state index contributed by atoms with van der Waals surface area (Å²) < 4.78 is 37.4. The number of aryl methyl sites for hydroxylation is 2. The van der Waals surface area contributed by atoms with Crippen LogP contribution in [-0.2, 0) is 21.4 Å². The Morgan fingerprint density at radius 2 is 1.74 bits per heavy atom. The van der Waals surface area contributed by atoms with E-state index in [1.807, 2.05) is 0 Å². The van der Waals surface area contributed by atoms with Crippen LogP contribution in [0.15, 0.2) is 33.7 Å². The second-order valence-electron chi connectivity index (χ2n) is 6.72. The third-order valence-corrected chi connectivity index (χ3v) is 6.73. The smallest absolute Gasteiger partial charge is 0.338 e. The number of ether oxygens (including phenoxy) is 1. The summed E-state index contributed by atoms with van der Waals surface area (Å²) >= 11 is 0. The normalized spacial score (nSPS) is 16.1. The Kier molecular flexibility index (Phi) is 5.96. The Labute approximate surface area is 159 Å². The molecule has 0 spiro atoms. The Bertz CT molecular complexity index is 875. The van der Waals surface area contributed by atoms with E-state index in [1.165, 1.54) is 28.6 Å². The van der Waals surface area contributed by atoms with Crippen LogP contribution in [0.25, 0.3) is 0 Å². The number of carbonyl (C=O) groups is 1. The monoisotopic (exact) mass is 392 g/mol. The van der Waals surface area contributed by atoms with Gasteiger partial charge in [-0.1, -0.05) is 18.0 Å². The molecule has 1 aliphatic heterocycles. The summed E-state index contributed by atoms with van der Waals surface area (Å²) in [4.78, 5) is 12.4. The molecular weight excluding hydrogens is 368 g/mol. The van der Waals surface area contributed by atoms with Gasteiger partial charge in [0.2, 0.25) is 10.0 Å². The first-order valence-corrected chi connectivity index (χ1v) is 10.5. The molecule has 0 saturated carbocycles. The van der Waals surface area contributed by atoms with Crippen molar-refractivity contribution in [2.24, 2.45) is 0 Å². The molecule has 0 atom stereocenters. The van der Waals surface area contributed by atoms with Gasteiger partial charge in [0, 0.05) is 13.1 Å². The number of rotatable bonds is 5. The molecule has 1 fully saturated rings. The van der Waals surface area contributed by atoms with E-state index in [9.17, 15) is 13.2 Å². The number of aromatic nitrogens is 1. The zero-order valence-electron chi connectivity index (χ0n) is 15.6. The van der Waals surface area contributed by atoms with Crippen molar-refractivity contribution >= 4 is 16.0 Å². The molecule has 0 amide bonds. The van der Waals surface area contributed by atoms with E-state index in [4.69, 9.17) is 9.26 Å². The number of hydrogen-bond acceptors (Lipinski definition) is 6. The van der Waals surface area contributed by atoms with Gasteiger partial charge in [-0.15, -0.1) is 0 Å². The molecule has 1 aromatic heterocycles. The summed E-state index contributed by atoms with van der Waals surface area (Å²) in [6, 6.07) is 5.90. The highest BCUT2D eigenvalue weighted by molar-refractivity contribution is 7.89. The van der Waals surface area contributed by atoms with Crippen molar-refractivity contribution in [1.29, 1.82) is 0 Å². The second-order valence-corrected chi connectivity index (χ2v) is 8.66. The van der Waals surface area contributed by atoms with Crippen molar-refractivity contribution in [2.75, 3.05) is 13.1 Å². The number of esters is 1. The van der Waals surface area contributed by atoms with Crippen molar-refractivity contribution < 1.29 is 22.5 Å². The minimum atomic E-state index is -3.53. The molecule has 1 aromatic carbocycles. The molecule has 1 saturated heterocycles. The molecule has 0 bridgehead atoms. The number of carbonyl (C=O) groups excluding carboxylic acids is 1. The van der Waals surface area contributed by atoms with Gasteiger partial charge in [-0.3, -0.25) is 0 Å². The lowest BCUT2D eigenvalue weighted by Gasteiger charge is -2.20. The Morgan fingerprint density at radius 1 is 1.11 bits per heavy atom. The summed E-state index contributed by atoms with van der Waals surface area (Å²) in [7, 11) is -3.53. The molecule has 7 nitrogen and oxygen atoms in total. The first-order valence-electron chi connectivity index (χ1n) is 9.08. The van der Waals surface area contributed by atoms with Crippen molar-refractivity contribution in [3.05, 3.63) is 46.8 Å². The summed E-state index contributed by atoms with van der Waals surface area (Å²) in [5, 5.41) is 3.82. The van der Waals surface area contributed by atoms with Gasteiger partial charge < -0.3 is 9.26 Å². The maximum Gasteiger partial charge on any atom is 0.338 e. The third kappa shape index (κ3) is 4.39. The molecule has 27 heavy (non-hydrogen) atoms. The predicted molar refractivity (Wildman–Crippen MR) is 98.8 cm³/mol. The molecule has 146 valence electrons. The van der Waals surface area contributed by atoms with Crippen molar-refractivity contribution in [1.82, 2.24) is 9.46 Å². The summed E-state index contributed by atoms with van der Waals surface area (Å²) in [6.45, 7) is 4.69. The molecule has 2 heterocycles. The molecule has 0 radical (unpaired) electrons. The lowest BCUT2D eigenvalue weighted by Crippen LogP contribution is -2.31. The summed E-state index contributed by atoms with van der Waals surface area (Å²) in [6.07, 6.45) is 3.88. The Morgan fingerprint density at radius 3 is 2.30 bits per heavy atom. The Hall–Kier alpha value is -2.19. The van der Waals surface area contributed by atoms with Crippen molar-refractivity contribution in [3.8, 4) is 0 Å². The zero-order chi connectivity index (χ0) is 19.4. The van der Waals surface area contributed by atoms with Gasteiger partial charge in [-0.05, 0) is 51.0 Å². The number of benzene rings is 1. The molecule has 8 heteroatoms. The fraction of sp³-hybridized carbons (Fsp3) is 0.474. The average molecular weight is 392 g/mol. The van der Waals surface area contributed by atoms with Gasteiger partial charge in [0.1, 0.15) is 12.4 Å². The van der Waals surface area contributed by atoms with E-state index >= 15 is 0 Å². The molecule has 0 aliphatic carbocycles. The minimum absolute atomic E-state index is 0.0633. The number of sulfonamides is 1. The van der Waals surface area contributed by atoms with Crippen LogP contribution < -0.4 is 0 Å². The largest absolute Gasteiger partial charge is 0.457 e. The minimum Gasteiger partial charge on any atom is -0.457 e. The molecule has 0 N–H and O–H groups in total. The highest BCUT2D eigenvalue weighted by Gasteiger charge is 2.25. The van der Waals surface area contributed by atoms with Gasteiger partial charge >= 0.3 is 5.97 Å². The molecule has 2 aromatic rings. The van der Waals surface area contributed by atoms with E-state index in [2.05, 4.69) is 5.16 Å². The maximum atomic E-state index is 12.8. The number of nitrogens with zero attached hydrogens (tertiary/aromatic N) is 2. The van der Waals surface area contributed by atoms with Gasteiger partial charge in [0.25, 0.3) is 0 Å². The van der Waals surface area contributed by atoms with Crippen LogP contribution in [0, 0.1) is 13.8 Å². The lowest BCUT2D eigenvalue weighted by atomic mass is 10.2. The summed E-state index contributed by atoms with van der Waals surface area (Å²) in [5.74, 6) is 0.0907. The van der Waals surface area contributed by atoms with Gasteiger partial charge in [-0.2, -0.15) is 4.31 Å². The SMILES string of the molecule is Cc1noc(C)c1COC(=O)c1ccc(S(=O)(=O)N2CCCCCC2)cc1. The summed E-state index contributed by atoms with van der Waals surface area (Å²) in [5.41, 5.74) is 1.72. The van der Waals surface area contributed by atoms with Crippen LogP contribution >= 0.6 is 0 Å². The molecule has 3 rings (SSSR count). The van der Waals surface area contributed by atoms with Crippen LogP contribution in [-0.4, -0.2) is 36.9 Å². The number of hydrogen-bond donors (Lipinski definition) is 0. The highest BCUT2D eigenvalue weighted by atomic mass is 32.2. The Balaban J connectivity index is 1.68. The van der Waals surface area contributed by atoms with Crippen LogP contribution in [0.3, 0.4) is 0 Å². The van der Waals surface area contributed by atoms with Crippen LogP contribution in [0.2, 0.25) is 0 Å². The quantitative estimate of drug-likeness (QED) is 0.726. The van der Waals surface area contributed by atoms with E-state index in [0.29, 0.717) is 30.1 Å². The third-order valence-electron chi connectivity index (χ3n) is 4.82. The second kappa shape index (κ2) is 8.22. The zero-order valence-corrected chi connectivity index (χ0v) is 16.4. The fourth-order valence-corrected chi connectivity index (χ4v) is 4.64. The molecule has 0 unspecified atom stereocenters. The maximum absolute atomic E-state index is 12.8. The van der Waals surface area contributed by atoms with Crippen LogP contribution in [0.1, 0.15) is 53.1 Å². The van der Waals surface area contributed by atoms with Gasteiger partial charge in [0.15, 0.2) is 0 Å². The predicted octanol–water partition coefficient (Wildman–Crippen LogP) is 3.21. The van der Waals surface area contributed by atoms with E-state index in [1.54, 1.807) is 13.8 Å². The van der Waals surface area contributed by atoms with Crippen molar-refractivity contribution in [3.63, 3.8) is 0 Å². The van der Waals surface area contributed by atoms with Crippen molar-refractivity contribution in [2.45, 2.75) is 51.0 Å². The average Bonchev–Trinajstić information content (AvgIpc) is 2.86.